The van der Waals surface area contributed by atoms with E-state index in [2.05, 4.69) is 9.88 Å². The lowest BCUT2D eigenvalue weighted by Gasteiger charge is -2.33. The van der Waals surface area contributed by atoms with E-state index >= 15 is 0 Å². The van der Waals surface area contributed by atoms with E-state index in [1.54, 1.807) is 18.3 Å². The Hall–Kier alpha value is -3.41. The zero-order valence-corrected chi connectivity index (χ0v) is 17.0. The van der Waals surface area contributed by atoms with Gasteiger partial charge in [0.1, 0.15) is 6.10 Å². The van der Waals surface area contributed by atoms with Crippen LogP contribution >= 0.6 is 0 Å². The zero-order chi connectivity index (χ0) is 21.1. The predicted molar refractivity (Wildman–Crippen MR) is 116 cm³/mol. The number of aromatic nitrogens is 1. The molecule has 0 aliphatic carbocycles. The Kier molecular flexibility index (Phi) is 5.65. The molecule has 1 saturated heterocycles. The minimum absolute atomic E-state index is 0.125. The molecule has 2 heterocycles. The lowest BCUT2D eigenvalue weighted by Crippen LogP contribution is -2.41. The number of ether oxygens (including phenoxy) is 1. The van der Waals surface area contributed by atoms with Gasteiger partial charge in [0.2, 0.25) is 5.91 Å². The predicted octanol–water partition coefficient (Wildman–Crippen LogP) is 3.85. The number of piperidine rings is 1. The number of primary amides is 1. The van der Waals surface area contributed by atoms with Gasteiger partial charge in [-0.3, -0.25) is 9.78 Å². The highest BCUT2D eigenvalue weighted by Gasteiger charge is 2.24. The summed E-state index contributed by atoms with van der Waals surface area (Å²) in [5.41, 5.74) is 8.69. The third-order valence-electron chi connectivity index (χ3n) is 5.66. The number of fused-ring (bicyclic) bond motifs is 1. The molecule has 0 unspecified atom stereocenters. The number of carbonyl (C=O) groups is 2. The van der Waals surface area contributed by atoms with Crippen LogP contribution in [0.25, 0.3) is 10.9 Å². The van der Waals surface area contributed by atoms with Gasteiger partial charge in [0.25, 0.3) is 0 Å². The lowest BCUT2D eigenvalue weighted by molar-refractivity contribution is -0.122. The van der Waals surface area contributed by atoms with Gasteiger partial charge in [0, 0.05) is 35.9 Å². The van der Waals surface area contributed by atoms with E-state index in [1.165, 1.54) is 0 Å². The monoisotopic (exact) mass is 403 g/mol. The van der Waals surface area contributed by atoms with Gasteiger partial charge >= 0.3 is 5.97 Å². The van der Waals surface area contributed by atoms with Crippen LogP contribution in [0.5, 0.6) is 0 Å². The molecule has 6 nitrogen and oxygen atoms in total. The maximum absolute atomic E-state index is 12.6. The first-order valence-electron chi connectivity index (χ1n) is 10.2. The second-order valence-electron chi connectivity index (χ2n) is 7.74. The van der Waals surface area contributed by atoms with Crippen molar-refractivity contribution in [3.8, 4) is 0 Å². The van der Waals surface area contributed by atoms with E-state index in [9.17, 15) is 9.59 Å². The van der Waals surface area contributed by atoms with Crippen molar-refractivity contribution in [2.75, 3.05) is 18.0 Å². The molecule has 0 spiro atoms. The van der Waals surface area contributed by atoms with Crippen molar-refractivity contribution in [2.45, 2.75) is 25.9 Å². The number of para-hydroxylation sites is 1. The molecule has 1 aliphatic heterocycles. The van der Waals surface area contributed by atoms with Gasteiger partial charge in [0.05, 0.1) is 17.0 Å². The Labute approximate surface area is 175 Å². The first kappa shape index (κ1) is 19.9. The van der Waals surface area contributed by atoms with Gasteiger partial charge in [-0.2, -0.15) is 0 Å². The SMILES string of the molecule is C[C@H](OC(=O)c1ccc(N2CCC[C@H](C(N)=O)C2)cc1)c1cnc2ccccc2c1. The fourth-order valence-electron chi connectivity index (χ4n) is 3.86. The Morgan fingerprint density at radius 2 is 1.93 bits per heavy atom. The first-order valence-corrected chi connectivity index (χ1v) is 10.2. The number of hydrogen-bond donors (Lipinski definition) is 1. The Bertz CT molecular complexity index is 1060. The number of nitrogens with two attached hydrogens (primary N) is 1. The van der Waals surface area contributed by atoms with Crippen molar-refractivity contribution >= 4 is 28.5 Å². The summed E-state index contributed by atoms with van der Waals surface area (Å²) >= 11 is 0. The molecule has 0 saturated carbocycles. The summed E-state index contributed by atoms with van der Waals surface area (Å²) < 4.78 is 5.65. The first-order chi connectivity index (χ1) is 14.5. The second kappa shape index (κ2) is 8.53. The summed E-state index contributed by atoms with van der Waals surface area (Å²) in [6.07, 6.45) is 3.09. The molecular formula is C24H25N3O3. The third kappa shape index (κ3) is 4.27. The number of rotatable bonds is 5. The molecule has 1 aromatic heterocycles. The average molecular weight is 403 g/mol. The minimum Gasteiger partial charge on any atom is -0.454 e. The molecule has 2 atom stereocenters. The van der Waals surface area contributed by atoms with Crippen LogP contribution in [0.4, 0.5) is 5.69 Å². The fraction of sp³-hybridized carbons (Fsp3) is 0.292. The highest BCUT2D eigenvalue weighted by molar-refractivity contribution is 5.90. The third-order valence-corrected chi connectivity index (χ3v) is 5.66. The van der Waals surface area contributed by atoms with Crippen molar-refractivity contribution in [1.29, 1.82) is 0 Å². The number of carbonyl (C=O) groups excluding carboxylic acids is 2. The van der Waals surface area contributed by atoms with Crippen LogP contribution in [0.3, 0.4) is 0 Å². The molecule has 0 radical (unpaired) electrons. The molecule has 4 rings (SSSR count). The van der Waals surface area contributed by atoms with Gasteiger partial charge in [0.15, 0.2) is 0 Å². The van der Waals surface area contributed by atoms with E-state index in [4.69, 9.17) is 10.5 Å². The highest BCUT2D eigenvalue weighted by Crippen LogP contribution is 2.25. The molecule has 1 amide bonds. The molecule has 1 aliphatic rings. The molecule has 154 valence electrons. The van der Waals surface area contributed by atoms with Crippen LogP contribution in [-0.4, -0.2) is 29.9 Å². The highest BCUT2D eigenvalue weighted by atomic mass is 16.5. The fourth-order valence-corrected chi connectivity index (χ4v) is 3.86. The maximum atomic E-state index is 12.6. The van der Waals surface area contributed by atoms with E-state index in [1.807, 2.05) is 49.4 Å². The summed E-state index contributed by atoms with van der Waals surface area (Å²) in [4.78, 5) is 30.7. The van der Waals surface area contributed by atoms with Gasteiger partial charge in [-0.05, 0) is 56.2 Å². The number of esters is 1. The van der Waals surface area contributed by atoms with Crippen molar-refractivity contribution in [2.24, 2.45) is 11.7 Å². The van der Waals surface area contributed by atoms with Gasteiger partial charge in [-0.1, -0.05) is 18.2 Å². The summed E-state index contributed by atoms with van der Waals surface area (Å²) in [5, 5.41) is 1.01. The molecule has 2 aromatic carbocycles. The topological polar surface area (TPSA) is 85.5 Å². The van der Waals surface area contributed by atoms with Crippen molar-refractivity contribution in [3.63, 3.8) is 0 Å². The number of anilines is 1. The second-order valence-corrected chi connectivity index (χ2v) is 7.74. The molecule has 6 heteroatoms. The van der Waals surface area contributed by atoms with Gasteiger partial charge in [-0.25, -0.2) is 4.79 Å². The Morgan fingerprint density at radius 3 is 2.70 bits per heavy atom. The van der Waals surface area contributed by atoms with Crippen molar-refractivity contribution in [3.05, 3.63) is 71.9 Å². The quantitative estimate of drug-likeness (QED) is 0.654. The smallest absolute Gasteiger partial charge is 0.338 e. The van der Waals surface area contributed by atoms with E-state index in [0.29, 0.717) is 12.1 Å². The van der Waals surface area contributed by atoms with Crippen LogP contribution < -0.4 is 10.6 Å². The zero-order valence-electron chi connectivity index (χ0n) is 17.0. The number of hydrogen-bond acceptors (Lipinski definition) is 5. The number of amides is 1. The summed E-state index contributed by atoms with van der Waals surface area (Å²) in [6, 6.07) is 17.1. The van der Waals surface area contributed by atoms with Gasteiger partial charge < -0.3 is 15.4 Å². The molecular weight excluding hydrogens is 378 g/mol. The average Bonchev–Trinajstić information content (AvgIpc) is 2.78. The summed E-state index contributed by atoms with van der Waals surface area (Å²) in [6.45, 7) is 3.33. The minimum atomic E-state index is -0.410. The van der Waals surface area contributed by atoms with E-state index in [-0.39, 0.29) is 17.8 Å². The molecule has 30 heavy (non-hydrogen) atoms. The molecule has 2 N–H and O–H groups in total. The van der Waals surface area contributed by atoms with Crippen LogP contribution in [0.15, 0.2) is 60.8 Å². The largest absolute Gasteiger partial charge is 0.454 e. The molecule has 1 fully saturated rings. The number of benzene rings is 2. The van der Waals surface area contributed by atoms with Crippen molar-refractivity contribution in [1.82, 2.24) is 4.98 Å². The normalized spacial score (nSPS) is 17.5. The molecule has 0 bridgehead atoms. The van der Waals surface area contributed by atoms with Crippen molar-refractivity contribution < 1.29 is 14.3 Å². The number of pyridine rings is 1. The van der Waals surface area contributed by atoms with Crippen LogP contribution in [-0.2, 0) is 9.53 Å². The summed E-state index contributed by atoms with van der Waals surface area (Å²) in [5.74, 6) is -0.757. The maximum Gasteiger partial charge on any atom is 0.338 e. The van der Waals surface area contributed by atoms with Crippen LogP contribution in [0, 0.1) is 5.92 Å². The Balaban J connectivity index is 1.42. The molecule has 3 aromatic rings. The lowest BCUT2D eigenvalue weighted by atomic mass is 9.97. The summed E-state index contributed by atoms with van der Waals surface area (Å²) in [7, 11) is 0. The standard InChI is InChI=1S/C24H25N3O3/c1-16(20-13-18-5-2-3-7-22(18)26-14-20)30-24(29)17-8-10-21(11-9-17)27-12-4-6-19(15-27)23(25)28/h2-3,5,7-11,13-14,16,19H,4,6,12,15H2,1H3,(H2,25,28)/t16-,19-/m0/s1. The van der Waals surface area contributed by atoms with Gasteiger partial charge in [-0.15, -0.1) is 0 Å². The van der Waals surface area contributed by atoms with Crippen LogP contribution in [0.1, 0.15) is 41.8 Å². The van der Waals surface area contributed by atoms with Crippen LogP contribution in [0.2, 0.25) is 0 Å². The number of nitrogens with zero attached hydrogens (tertiary/aromatic N) is 2. The van der Waals surface area contributed by atoms with E-state index in [0.717, 1.165) is 41.5 Å². The van der Waals surface area contributed by atoms with E-state index < -0.39 is 6.10 Å². The Morgan fingerprint density at radius 1 is 1.17 bits per heavy atom.